The number of nitrogens with one attached hydrogen (secondary N) is 1. The van der Waals surface area contributed by atoms with Crippen molar-refractivity contribution in [1.29, 1.82) is 0 Å². The summed E-state index contributed by atoms with van der Waals surface area (Å²) in [7, 11) is -2.63. The third-order valence-electron chi connectivity index (χ3n) is 1.25. The molecule has 0 saturated heterocycles. The molecule has 0 atom stereocenters. The molecule has 0 heterocycles. The van der Waals surface area contributed by atoms with Crippen molar-refractivity contribution < 1.29 is 17.2 Å². The van der Waals surface area contributed by atoms with Gasteiger partial charge in [-0.1, -0.05) is 0 Å². The Kier molecular flexibility index (Phi) is 3.43. The Morgan fingerprint density at radius 1 is 1.55 bits per heavy atom. The summed E-state index contributed by atoms with van der Waals surface area (Å²) in [5.74, 6) is 0. The van der Waals surface area contributed by atoms with Crippen LogP contribution in [0, 0.1) is 0 Å². The minimum Gasteiger partial charge on any atom is -0.313 e. The van der Waals surface area contributed by atoms with Crippen LogP contribution in [0.25, 0.3) is 0 Å². The van der Waals surface area contributed by atoms with Gasteiger partial charge in [0.2, 0.25) is 0 Å². The number of rotatable bonds is 4. The summed E-state index contributed by atoms with van der Waals surface area (Å²) in [6.45, 7) is 3.40. The molecule has 0 aromatic heterocycles. The third kappa shape index (κ3) is 6.24. The summed E-state index contributed by atoms with van der Waals surface area (Å²) in [6.07, 6.45) is 0. The maximum Gasteiger partial charge on any atom is 0.397 e. The van der Waals surface area contributed by atoms with E-state index in [1.54, 1.807) is 20.9 Å². The minimum atomic E-state index is -4.31. The lowest BCUT2D eigenvalue weighted by Gasteiger charge is -2.21. The van der Waals surface area contributed by atoms with Gasteiger partial charge in [-0.3, -0.25) is 4.55 Å². The minimum absolute atomic E-state index is 0.0949. The van der Waals surface area contributed by atoms with Crippen molar-refractivity contribution in [2.75, 3.05) is 13.7 Å². The fourth-order valence-electron chi connectivity index (χ4n) is 0.294. The second kappa shape index (κ2) is 3.48. The Hall–Kier alpha value is -0.170. The molecule has 2 N–H and O–H groups in total. The number of hydrogen-bond donors (Lipinski definition) is 2. The molecule has 0 unspecified atom stereocenters. The molecular weight excluding hydrogens is 170 g/mol. The lowest BCUT2D eigenvalue weighted by molar-refractivity contribution is 0.198. The van der Waals surface area contributed by atoms with Gasteiger partial charge in [0.15, 0.2) is 0 Å². The highest BCUT2D eigenvalue weighted by Crippen LogP contribution is 2.02. The van der Waals surface area contributed by atoms with Crippen molar-refractivity contribution in [3.63, 3.8) is 0 Å². The van der Waals surface area contributed by atoms with Gasteiger partial charge in [-0.05, 0) is 20.9 Å². The Morgan fingerprint density at radius 3 is 2.27 bits per heavy atom. The molecule has 0 bridgehead atoms. The van der Waals surface area contributed by atoms with Gasteiger partial charge in [0.25, 0.3) is 0 Å². The molecular formula is C5H13NO4S. The zero-order chi connectivity index (χ0) is 9.12. The van der Waals surface area contributed by atoms with Gasteiger partial charge in [0, 0.05) is 5.54 Å². The predicted molar refractivity (Wildman–Crippen MR) is 40.6 cm³/mol. The van der Waals surface area contributed by atoms with E-state index < -0.39 is 15.9 Å². The topological polar surface area (TPSA) is 75.6 Å². The average Bonchev–Trinajstić information content (AvgIpc) is 1.83. The summed E-state index contributed by atoms with van der Waals surface area (Å²) in [5.41, 5.74) is -0.462. The first-order chi connectivity index (χ1) is 4.77. The van der Waals surface area contributed by atoms with E-state index in [9.17, 15) is 8.42 Å². The van der Waals surface area contributed by atoms with Crippen LogP contribution in [0.2, 0.25) is 0 Å². The van der Waals surface area contributed by atoms with Crippen LogP contribution in [0.3, 0.4) is 0 Å². The SMILES string of the molecule is CNC(C)(C)COS(=O)(=O)O. The van der Waals surface area contributed by atoms with Crippen LogP contribution in [0.15, 0.2) is 0 Å². The summed E-state index contributed by atoms with van der Waals surface area (Å²) in [5, 5.41) is 2.81. The van der Waals surface area contributed by atoms with Crippen LogP contribution >= 0.6 is 0 Å². The molecule has 0 aliphatic rings. The van der Waals surface area contributed by atoms with Gasteiger partial charge >= 0.3 is 10.4 Å². The van der Waals surface area contributed by atoms with Crippen molar-refractivity contribution in [3.05, 3.63) is 0 Å². The maximum atomic E-state index is 10.1. The standard InChI is InChI=1S/C5H13NO4S/c1-5(2,6-3)4-10-11(7,8)9/h6H,4H2,1-3H3,(H,7,8,9). The molecule has 0 aromatic rings. The summed E-state index contributed by atoms with van der Waals surface area (Å²) >= 11 is 0. The Bertz CT molecular complexity index is 209. The molecule has 0 fully saturated rings. The monoisotopic (exact) mass is 183 g/mol. The Labute approximate surface area is 66.7 Å². The maximum absolute atomic E-state index is 10.1. The highest BCUT2D eigenvalue weighted by molar-refractivity contribution is 7.80. The predicted octanol–water partition coefficient (Wildman–Crippen LogP) is -0.196. The van der Waals surface area contributed by atoms with E-state index >= 15 is 0 Å². The molecule has 11 heavy (non-hydrogen) atoms. The van der Waals surface area contributed by atoms with Crippen molar-refractivity contribution >= 4 is 10.4 Å². The molecule has 0 radical (unpaired) electrons. The van der Waals surface area contributed by atoms with Crippen LogP contribution in [0.5, 0.6) is 0 Å². The number of likely N-dealkylation sites (N-methyl/N-ethyl adjacent to an activating group) is 1. The highest BCUT2D eigenvalue weighted by atomic mass is 32.3. The van der Waals surface area contributed by atoms with Crippen LogP contribution in [-0.2, 0) is 14.6 Å². The average molecular weight is 183 g/mol. The molecule has 5 nitrogen and oxygen atoms in total. The van der Waals surface area contributed by atoms with Crippen LogP contribution in [0.4, 0.5) is 0 Å². The quantitative estimate of drug-likeness (QED) is 0.590. The van der Waals surface area contributed by atoms with E-state index in [0.717, 1.165) is 0 Å². The molecule has 6 heteroatoms. The summed E-state index contributed by atoms with van der Waals surface area (Å²) in [4.78, 5) is 0. The smallest absolute Gasteiger partial charge is 0.313 e. The first-order valence-corrected chi connectivity index (χ1v) is 4.44. The van der Waals surface area contributed by atoms with E-state index in [-0.39, 0.29) is 6.61 Å². The lowest BCUT2D eigenvalue weighted by Crippen LogP contribution is -2.41. The van der Waals surface area contributed by atoms with E-state index in [4.69, 9.17) is 4.55 Å². The van der Waals surface area contributed by atoms with Gasteiger partial charge in [0.1, 0.15) is 0 Å². The van der Waals surface area contributed by atoms with E-state index in [1.807, 2.05) is 0 Å². The molecule has 0 spiro atoms. The summed E-state index contributed by atoms with van der Waals surface area (Å²) < 4.78 is 32.5. The van der Waals surface area contributed by atoms with Crippen molar-refractivity contribution in [2.24, 2.45) is 0 Å². The molecule has 0 aliphatic carbocycles. The number of hydrogen-bond acceptors (Lipinski definition) is 4. The van der Waals surface area contributed by atoms with Gasteiger partial charge < -0.3 is 5.32 Å². The molecule has 0 aromatic carbocycles. The first kappa shape index (κ1) is 10.8. The molecule has 0 aliphatic heterocycles. The van der Waals surface area contributed by atoms with Gasteiger partial charge in [-0.15, -0.1) is 0 Å². The van der Waals surface area contributed by atoms with E-state index in [0.29, 0.717) is 0 Å². The Morgan fingerprint density at radius 2 is 2.00 bits per heavy atom. The van der Waals surface area contributed by atoms with Gasteiger partial charge in [-0.2, -0.15) is 8.42 Å². The van der Waals surface area contributed by atoms with Crippen LogP contribution in [0.1, 0.15) is 13.8 Å². The zero-order valence-corrected chi connectivity index (χ0v) is 7.60. The lowest BCUT2D eigenvalue weighted by atomic mass is 10.1. The molecule has 0 rings (SSSR count). The molecule has 0 saturated carbocycles. The van der Waals surface area contributed by atoms with Crippen molar-refractivity contribution in [2.45, 2.75) is 19.4 Å². The van der Waals surface area contributed by atoms with Crippen LogP contribution in [-0.4, -0.2) is 32.2 Å². The first-order valence-electron chi connectivity index (χ1n) is 3.07. The van der Waals surface area contributed by atoms with Gasteiger partial charge in [0.05, 0.1) is 6.61 Å². The molecule has 0 amide bonds. The fraction of sp³-hybridized carbons (Fsp3) is 1.00. The Balaban J connectivity index is 3.90. The zero-order valence-electron chi connectivity index (χ0n) is 6.79. The molecule has 68 valence electrons. The van der Waals surface area contributed by atoms with Gasteiger partial charge in [-0.25, -0.2) is 4.18 Å². The normalized spacial score (nSPS) is 13.5. The van der Waals surface area contributed by atoms with E-state index in [2.05, 4.69) is 9.50 Å². The fourth-order valence-corrected chi connectivity index (χ4v) is 0.738. The largest absolute Gasteiger partial charge is 0.397 e. The van der Waals surface area contributed by atoms with Crippen molar-refractivity contribution in [3.8, 4) is 0 Å². The second-order valence-electron chi connectivity index (χ2n) is 2.82. The second-order valence-corrected chi connectivity index (χ2v) is 3.91. The van der Waals surface area contributed by atoms with Crippen LogP contribution < -0.4 is 5.32 Å². The summed E-state index contributed by atoms with van der Waals surface area (Å²) in [6, 6.07) is 0. The van der Waals surface area contributed by atoms with Crippen molar-refractivity contribution in [1.82, 2.24) is 5.32 Å². The van der Waals surface area contributed by atoms with E-state index in [1.165, 1.54) is 0 Å². The highest BCUT2D eigenvalue weighted by Gasteiger charge is 2.18. The third-order valence-corrected chi connectivity index (χ3v) is 1.66.